The monoisotopic (exact) mass is 302 g/mol. The van der Waals surface area contributed by atoms with Crippen molar-refractivity contribution >= 4 is 31.3 Å². The zero-order valence-corrected chi connectivity index (χ0v) is 11.6. The minimum Gasteiger partial charge on any atom is -0.364 e. The summed E-state index contributed by atoms with van der Waals surface area (Å²) in [7, 11) is 1.14. The van der Waals surface area contributed by atoms with Gasteiger partial charge in [0.25, 0.3) is 15.0 Å². The van der Waals surface area contributed by atoms with Gasteiger partial charge >= 0.3 is 0 Å². The van der Waals surface area contributed by atoms with Crippen LogP contribution in [0, 0.1) is 0 Å². The lowest BCUT2D eigenvalue weighted by Gasteiger charge is -2.01. The number of nitrogens with two attached hydrogens (primary N) is 1. The first-order valence-corrected chi connectivity index (χ1v) is 7.78. The highest BCUT2D eigenvalue weighted by Crippen LogP contribution is 2.21. The van der Waals surface area contributed by atoms with Crippen molar-refractivity contribution in [3.8, 4) is 0 Å². The van der Waals surface area contributed by atoms with Gasteiger partial charge in [-0.05, 0) is 18.6 Å². The molecule has 0 saturated heterocycles. The Kier molecular flexibility index (Phi) is 3.46. The number of nitrogens with zero attached hydrogens (tertiary/aromatic N) is 3. The number of carbonyl (C=O) groups excluding carboxylic acids is 1. The summed E-state index contributed by atoms with van der Waals surface area (Å²) in [4.78, 5) is 15.1. The number of imidazole rings is 1. The average molecular weight is 303 g/mol. The molecule has 2 heterocycles. The van der Waals surface area contributed by atoms with Crippen molar-refractivity contribution in [3.63, 3.8) is 0 Å². The molecule has 0 aliphatic rings. The molecule has 2 aromatic heterocycles. The van der Waals surface area contributed by atoms with Gasteiger partial charge < -0.3 is 5.73 Å². The maximum Gasteiger partial charge on any atom is 0.281 e. The van der Waals surface area contributed by atoms with Crippen LogP contribution in [-0.2, 0) is 15.5 Å². The number of aryl methyl sites for hydroxylation is 1. The molecule has 2 rings (SSSR count). The summed E-state index contributed by atoms with van der Waals surface area (Å²) in [6, 6.07) is 3.28. The summed E-state index contributed by atoms with van der Waals surface area (Å²) in [5.41, 5.74) is 5.57. The van der Waals surface area contributed by atoms with E-state index in [1.807, 2.05) is 6.92 Å². The number of aromatic nitrogens is 3. The maximum atomic E-state index is 11.6. The highest BCUT2D eigenvalue weighted by molar-refractivity contribution is 8.13. The average Bonchev–Trinajstić information content (AvgIpc) is 2.67. The largest absolute Gasteiger partial charge is 0.364 e. The third-order valence-electron chi connectivity index (χ3n) is 2.46. The molecular weight excluding hydrogens is 292 g/mol. The smallest absolute Gasteiger partial charge is 0.281 e. The first kappa shape index (κ1) is 13.8. The normalized spacial score (nSPS) is 11.9. The van der Waals surface area contributed by atoms with Crippen molar-refractivity contribution in [1.29, 1.82) is 0 Å². The molecule has 0 fully saturated rings. The van der Waals surface area contributed by atoms with Crippen LogP contribution < -0.4 is 5.73 Å². The minimum absolute atomic E-state index is 0.202. The Labute approximate surface area is 113 Å². The number of primary amides is 1. The molecule has 102 valence electrons. The van der Waals surface area contributed by atoms with Gasteiger partial charge in [0.05, 0.1) is 5.69 Å². The lowest BCUT2D eigenvalue weighted by Crippen LogP contribution is -2.15. The van der Waals surface area contributed by atoms with Crippen LogP contribution in [0.1, 0.15) is 29.5 Å². The summed E-state index contributed by atoms with van der Waals surface area (Å²) < 4.78 is 24.2. The van der Waals surface area contributed by atoms with Crippen molar-refractivity contribution < 1.29 is 13.2 Å². The van der Waals surface area contributed by atoms with Crippen LogP contribution in [0.5, 0.6) is 0 Å². The second-order valence-electron chi connectivity index (χ2n) is 3.91. The van der Waals surface area contributed by atoms with Crippen molar-refractivity contribution in [2.75, 3.05) is 0 Å². The Morgan fingerprint density at radius 3 is 2.68 bits per heavy atom. The zero-order valence-electron chi connectivity index (χ0n) is 10.00. The molecule has 0 unspecified atom stereocenters. The minimum atomic E-state index is -4.18. The molecule has 0 bridgehead atoms. The summed E-state index contributed by atoms with van der Waals surface area (Å²) in [5, 5.41) is 3.63. The van der Waals surface area contributed by atoms with E-state index in [1.54, 1.807) is 12.1 Å². The van der Waals surface area contributed by atoms with Gasteiger partial charge in [-0.15, -0.1) is 0 Å². The molecule has 0 aliphatic heterocycles. The number of amides is 1. The summed E-state index contributed by atoms with van der Waals surface area (Å²) in [5.74, 6) is -0.971. The third-order valence-corrected chi connectivity index (χ3v) is 3.73. The van der Waals surface area contributed by atoms with Crippen LogP contribution in [0.25, 0.3) is 5.65 Å². The first-order valence-electron chi connectivity index (χ1n) is 5.47. The lowest BCUT2D eigenvalue weighted by molar-refractivity contribution is 0.0992. The van der Waals surface area contributed by atoms with Gasteiger partial charge in [0, 0.05) is 10.7 Å². The summed E-state index contributed by atoms with van der Waals surface area (Å²) in [6.07, 6.45) is 1.51. The standard InChI is InChI=1S/C10H11ClN4O3S/c1-2-3-6-4-5-7-13-8(9(12)16)10(15(7)14-6)19(11,17)18/h4-5H,2-3H2,1H3,(H2,12,16). The fourth-order valence-electron chi connectivity index (χ4n) is 1.72. The SMILES string of the molecule is CCCc1ccc2nc(C(N)=O)c(S(=O)(=O)Cl)n2n1. The molecule has 0 aromatic carbocycles. The van der Waals surface area contributed by atoms with E-state index in [0.29, 0.717) is 12.1 Å². The Balaban J connectivity index is 2.82. The quantitative estimate of drug-likeness (QED) is 0.837. The van der Waals surface area contributed by atoms with Crippen LogP contribution in [0.4, 0.5) is 0 Å². The number of hydrogen-bond donors (Lipinski definition) is 1. The lowest BCUT2D eigenvalue weighted by atomic mass is 10.2. The van der Waals surface area contributed by atoms with Gasteiger partial charge in [0.2, 0.25) is 5.03 Å². The van der Waals surface area contributed by atoms with Gasteiger partial charge in [-0.2, -0.15) is 9.61 Å². The molecule has 7 nitrogen and oxygen atoms in total. The Morgan fingerprint density at radius 1 is 1.47 bits per heavy atom. The number of hydrogen-bond acceptors (Lipinski definition) is 5. The molecule has 0 atom stereocenters. The Morgan fingerprint density at radius 2 is 2.16 bits per heavy atom. The molecule has 0 aliphatic carbocycles. The molecule has 2 aromatic rings. The topological polar surface area (TPSA) is 107 Å². The van der Waals surface area contributed by atoms with Gasteiger partial charge in [-0.1, -0.05) is 13.3 Å². The van der Waals surface area contributed by atoms with E-state index in [1.165, 1.54) is 0 Å². The zero-order chi connectivity index (χ0) is 14.2. The van der Waals surface area contributed by atoms with Crippen molar-refractivity contribution in [2.24, 2.45) is 5.73 Å². The van der Waals surface area contributed by atoms with Gasteiger partial charge in [-0.3, -0.25) is 4.79 Å². The van der Waals surface area contributed by atoms with Gasteiger partial charge in [0.15, 0.2) is 11.3 Å². The molecule has 9 heteroatoms. The summed E-state index contributed by atoms with van der Waals surface area (Å²) in [6.45, 7) is 1.97. The number of fused-ring (bicyclic) bond motifs is 1. The van der Waals surface area contributed by atoms with Crippen LogP contribution in [-0.4, -0.2) is 28.9 Å². The first-order chi connectivity index (χ1) is 8.84. The Hall–Kier alpha value is -1.67. The van der Waals surface area contributed by atoms with E-state index >= 15 is 0 Å². The van der Waals surface area contributed by atoms with Crippen molar-refractivity contribution in [2.45, 2.75) is 24.8 Å². The second-order valence-corrected chi connectivity index (χ2v) is 6.39. The number of carbonyl (C=O) groups is 1. The highest BCUT2D eigenvalue weighted by Gasteiger charge is 2.27. The van der Waals surface area contributed by atoms with Gasteiger partial charge in [0.1, 0.15) is 0 Å². The van der Waals surface area contributed by atoms with Crippen molar-refractivity contribution in [1.82, 2.24) is 14.6 Å². The number of rotatable bonds is 4. The summed E-state index contributed by atoms with van der Waals surface area (Å²) >= 11 is 0. The van der Waals surface area contributed by atoms with Gasteiger partial charge in [-0.25, -0.2) is 13.4 Å². The fourth-order valence-corrected chi connectivity index (χ4v) is 2.85. The molecule has 0 saturated carbocycles. The van der Waals surface area contributed by atoms with E-state index in [2.05, 4.69) is 10.1 Å². The van der Waals surface area contributed by atoms with Crippen molar-refractivity contribution in [3.05, 3.63) is 23.5 Å². The molecule has 0 radical (unpaired) electrons. The highest BCUT2D eigenvalue weighted by atomic mass is 35.7. The van der Waals surface area contributed by atoms with E-state index in [4.69, 9.17) is 16.4 Å². The third kappa shape index (κ3) is 2.54. The van der Waals surface area contributed by atoms with Crippen LogP contribution in [0.15, 0.2) is 17.2 Å². The predicted molar refractivity (Wildman–Crippen MR) is 68.5 cm³/mol. The number of halogens is 1. The predicted octanol–water partition coefficient (Wildman–Crippen LogP) is 0.708. The second kappa shape index (κ2) is 4.78. The Bertz CT molecular complexity index is 753. The molecule has 0 spiro atoms. The van der Waals surface area contributed by atoms with Crippen LogP contribution >= 0.6 is 10.7 Å². The van der Waals surface area contributed by atoms with E-state index in [9.17, 15) is 13.2 Å². The molecule has 19 heavy (non-hydrogen) atoms. The maximum absolute atomic E-state index is 11.6. The molecular formula is C10H11ClN4O3S. The molecule has 2 N–H and O–H groups in total. The fraction of sp³-hybridized carbons (Fsp3) is 0.300. The van der Waals surface area contributed by atoms with Crippen LogP contribution in [0.3, 0.4) is 0 Å². The van der Waals surface area contributed by atoms with E-state index in [0.717, 1.165) is 10.9 Å². The van der Waals surface area contributed by atoms with E-state index < -0.39 is 25.7 Å². The van der Waals surface area contributed by atoms with E-state index in [-0.39, 0.29) is 5.65 Å². The van der Waals surface area contributed by atoms with Crippen LogP contribution in [0.2, 0.25) is 0 Å². The molecule has 1 amide bonds.